The number of hydrogen-bond donors (Lipinski definition) is 0. The lowest BCUT2D eigenvalue weighted by atomic mass is 9.95. The number of esters is 1. The lowest BCUT2D eigenvalue weighted by Crippen LogP contribution is -2.33. The monoisotopic (exact) mass is 437 g/mol. The van der Waals surface area contributed by atoms with Crippen LogP contribution in [-0.2, 0) is 15.2 Å². The summed E-state index contributed by atoms with van der Waals surface area (Å²) in [5.41, 5.74) is -0.724. The Kier molecular flexibility index (Phi) is 5.91. The Labute approximate surface area is 171 Å². The van der Waals surface area contributed by atoms with E-state index in [-0.39, 0.29) is 5.56 Å². The van der Waals surface area contributed by atoms with Crippen molar-refractivity contribution < 1.29 is 13.9 Å². The normalized spacial score (nSPS) is 13.8. The first-order valence-electron chi connectivity index (χ1n) is 8.63. The molecule has 5 heteroatoms. The third kappa shape index (κ3) is 3.97. The van der Waals surface area contributed by atoms with Crippen LogP contribution >= 0.6 is 15.9 Å². The second-order valence-corrected chi connectivity index (χ2v) is 7.21. The van der Waals surface area contributed by atoms with Gasteiger partial charge in [0.25, 0.3) is 0 Å². The zero-order valence-corrected chi connectivity index (χ0v) is 16.7. The Hall–Kier alpha value is -2.97. The number of rotatable bonds is 5. The van der Waals surface area contributed by atoms with E-state index in [2.05, 4.69) is 15.9 Å². The molecule has 0 aromatic heterocycles. The third-order valence-corrected chi connectivity index (χ3v) is 5.12. The highest BCUT2D eigenvalue weighted by molar-refractivity contribution is 9.10. The Morgan fingerprint density at radius 2 is 1.64 bits per heavy atom. The van der Waals surface area contributed by atoms with Crippen LogP contribution < -0.4 is 0 Å². The quantitative estimate of drug-likeness (QED) is 0.475. The molecule has 0 unspecified atom stereocenters. The minimum Gasteiger partial charge on any atom is -0.449 e. The van der Waals surface area contributed by atoms with Gasteiger partial charge in [-0.05, 0) is 18.6 Å². The number of hydrogen-bond acceptors (Lipinski definition) is 3. The van der Waals surface area contributed by atoms with Gasteiger partial charge in [0.2, 0.25) is 0 Å². The van der Waals surface area contributed by atoms with Gasteiger partial charge in [0.1, 0.15) is 6.07 Å². The van der Waals surface area contributed by atoms with Crippen LogP contribution in [0.1, 0.15) is 28.4 Å². The van der Waals surface area contributed by atoms with Crippen LogP contribution in [0.25, 0.3) is 0 Å². The Bertz CT molecular complexity index is 1010. The molecule has 0 saturated heterocycles. The minimum absolute atomic E-state index is 0.0514. The molecule has 0 spiro atoms. The van der Waals surface area contributed by atoms with Crippen molar-refractivity contribution in [3.63, 3.8) is 0 Å². The van der Waals surface area contributed by atoms with Crippen molar-refractivity contribution in [3.8, 4) is 6.07 Å². The molecule has 0 N–H and O–H groups in total. The van der Waals surface area contributed by atoms with E-state index < -0.39 is 17.7 Å². The standard InChI is InChI=1S/C23H17BrFNO2/c1-16-11-13-18(14-12-16)23(25,15-26)22(27)28-21(17-7-3-2-4-8-17)19-9-5-6-10-20(19)24/h2-14,21H,1H3/t21-,23-/m0/s1. The van der Waals surface area contributed by atoms with Crippen LogP contribution in [0.4, 0.5) is 4.39 Å². The highest BCUT2D eigenvalue weighted by Crippen LogP contribution is 2.35. The van der Waals surface area contributed by atoms with Gasteiger partial charge in [0.15, 0.2) is 6.10 Å². The van der Waals surface area contributed by atoms with Crippen LogP contribution in [0.2, 0.25) is 0 Å². The van der Waals surface area contributed by atoms with Crippen molar-refractivity contribution in [2.45, 2.75) is 18.7 Å². The molecular weight excluding hydrogens is 421 g/mol. The van der Waals surface area contributed by atoms with Gasteiger partial charge in [-0.1, -0.05) is 94.3 Å². The summed E-state index contributed by atoms with van der Waals surface area (Å²) in [5, 5.41) is 9.45. The molecule has 2 atom stereocenters. The summed E-state index contributed by atoms with van der Waals surface area (Å²) >= 11 is 3.45. The number of carbonyl (C=O) groups is 1. The summed E-state index contributed by atoms with van der Waals surface area (Å²) in [6.07, 6.45) is -0.863. The van der Waals surface area contributed by atoms with E-state index in [0.29, 0.717) is 15.6 Å². The molecule has 0 fully saturated rings. The second-order valence-electron chi connectivity index (χ2n) is 6.35. The van der Waals surface area contributed by atoms with E-state index in [9.17, 15) is 10.1 Å². The van der Waals surface area contributed by atoms with Gasteiger partial charge < -0.3 is 4.74 Å². The maximum atomic E-state index is 15.4. The molecule has 140 valence electrons. The number of ether oxygens (including phenoxy) is 1. The Morgan fingerprint density at radius 3 is 2.25 bits per heavy atom. The van der Waals surface area contributed by atoms with Crippen molar-refractivity contribution in [2.75, 3.05) is 0 Å². The molecule has 0 aliphatic carbocycles. The lowest BCUT2D eigenvalue weighted by molar-refractivity contribution is -0.158. The molecule has 3 aromatic rings. The number of halogens is 2. The van der Waals surface area contributed by atoms with Crippen molar-refractivity contribution in [3.05, 3.63) is 106 Å². The van der Waals surface area contributed by atoms with Crippen LogP contribution in [0.15, 0.2) is 83.3 Å². The topological polar surface area (TPSA) is 50.1 Å². The molecule has 3 nitrogen and oxygen atoms in total. The number of benzene rings is 3. The first kappa shape index (κ1) is 19.8. The predicted molar refractivity (Wildman–Crippen MR) is 108 cm³/mol. The lowest BCUT2D eigenvalue weighted by Gasteiger charge is -2.24. The van der Waals surface area contributed by atoms with E-state index in [1.807, 2.05) is 25.1 Å². The SMILES string of the molecule is Cc1ccc([C@@](F)(C#N)C(=O)O[C@@H](c2ccccc2)c2ccccc2Br)cc1. The molecule has 0 heterocycles. The van der Waals surface area contributed by atoms with Gasteiger partial charge in [0, 0.05) is 15.6 Å². The molecular formula is C23H17BrFNO2. The van der Waals surface area contributed by atoms with E-state index in [4.69, 9.17) is 4.74 Å². The van der Waals surface area contributed by atoms with Crippen molar-refractivity contribution in [1.29, 1.82) is 5.26 Å². The van der Waals surface area contributed by atoms with Crippen LogP contribution in [0, 0.1) is 18.3 Å². The van der Waals surface area contributed by atoms with E-state index in [0.717, 1.165) is 5.56 Å². The predicted octanol–water partition coefficient (Wildman–Crippen LogP) is 5.78. The summed E-state index contributed by atoms with van der Waals surface area (Å²) in [4.78, 5) is 12.8. The maximum Gasteiger partial charge on any atom is 0.364 e. The first-order chi connectivity index (χ1) is 13.5. The number of alkyl halides is 1. The van der Waals surface area contributed by atoms with Gasteiger partial charge in [-0.25, -0.2) is 9.18 Å². The van der Waals surface area contributed by atoms with Crippen LogP contribution in [0.3, 0.4) is 0 Å². The molecule has 0 bridgehead atoms. The van der Waals surface area contributed by atoms with Gasteiger partial charge >= 0.3 is 11.6 Å². The maximum absolute atomic E-state index is 15.4. The van der Waals surface area contributed by atoms with Gasteiger partial charge in [-0.3, -0.25) is 0 Å². The molecule has 0 amide bonds. The zero-order chi connectivity index (χ0) is 20.1. The highest BCUT2D eigenvalue weighted by Gasteiger charge is 2.44. The molecule has 0 aliphatic heterocycles. The Morgan fingerprint density at radius 1 is 1.04 bits per heavy atom. The highest BCUT2D eigenvalue weighted by atomic mass is 79.9. The van der Waals surface area contributed by atoms with Gasteiger partial charge in [0.05, 0.1) is 0 Å². The van der Waals surface area contributed by atoms with E-state index >= 15 is 4.39 Å². The largest absolute Gasteiger partial charge is 0.449 e. The average Bonchev–Trinajstić information content (AvgIpc) is 2.73. The van der Waals surface area contributed by atoms with E-state index in [1.54, 1.807) is 48.5 Å². The second kappa shape index (κ2) is 8.37. The Balaban J connectivity index is 2.00. The summed E-state index contributed by atoms with van der Waals surface area (Å²) in [6, 6.07) is 23.9. The number of carbonyl (C=O) groups excluding carboxylic acids is 1. The molecule has 0 aliphatic rings. The average molecular weight is 438 g/mol. The van der Waals surface area contributed by atoms with Crippen molar-refractivity contribution in [1.82, 2.24) is 0 Å². The number of nitrogens with zero attached hydrogens (tertiary/aromatic N) is 1. The summed E-state index contributed by atoms with van der Waals surface area (Å²) in [7, 11) is 0. The number of nitriles is 1. The zero-order valence-electron chi connectivity index (χ0n) is 15.1. The summed E-state index contributed by atoms with van der Waals surface area (Å²) in [6.45, 7) is 1.84. The summed E-state index contributed by atoms with van der Waals surface area (Å²) in [5.74, 6) is -1.25. The smallest absolute Gasteiger partial charge is 0.364 e. The minimum atomic E-state index is -2.90. The van der Waals surface area contributed by atoms with Crippen LogP contribution in [0.5, 0.6) is 0 Å². The molecule has 0 saturated carbocycles. The molecule has 3 rings (SSSR count). The first-order valence-corrected chi connectivity index (χ1v) is 9.43. The molecule has 28 heavy (non-hydrogen) atoms. The fraction of sp³-hybridized carbons (Fsp3) is 0.130. The van der Waals surface area contributed by atoms with Gasteiger partial charge in [-0.2, -0.15) is 5.26 Å². The fourth-order valence-corrected chi connectivity index (χ4v) is 3.32. The third-order valence-electron chi connectivity index (χ3n) is 4.40. The summed E-state index contributed by atoms with van der Waals surface area (Å²) < 4.78 is 21.7. The molecule has 3 aromatic carbocycles. The number of aryl methyl sites for hydroxylation is 1. The molecule has 0 radical (unpaired) electrons. The van der Waals surface area contributed by atoms with Crippen molar-refractivity contribution >= 4 is 21.9 Å². The van der Waals surface area contributed by atoms with E-state index in [1.165, 1.54) is 18.2 Å². The fourth-order valence-electron chi connectivity index (χ4n) is 2.83. The van der Waals surface area contributed by atoms with Crippen molar-refractivity contribution in [2.24, 2.45) is 0 Å². The van der Waals surface area contributed by atoms with Crippen LogP contribution in [-0.4, -0.2) is 5.97 Å². The van der Waals surface area contributed by atoms with Gasteiger partial charge in [-0.15, -0.1) is 0 Å².